The summed E-state index contributed by atoms with van der Waals surface area (Å²) in [7, 11) is -4.01. The number of hydrogen-bond donors (Lipinski definition) is 0. The van der Waals surface area contributed by atoms with Gasteiger partial charge in [0, 0.05) is 23.3 Å². The van der Waals surface area contributed by atoms with E-state index in [0.29, 0.717) is 35.5 Å². The van der Waals surface area contributed by atoms with Gasteiger partial charge in [-0.2, -0.15) is 12.2 Å². The molecule has 0 saturated heterocycles. The van der Waals surface area contributed by atoms with Crippen LogP contribution in [0, 0.1) is 61.4 Å². The van der Waals surface area contributed by atoms with Gasteiger partial charge < -0.3 is 9.13 Å². The minimum atomic E-state index is -2.01. The van der Waals surface area contributed by atoms with E-state index in [1.165, 1.54) is 34.4 Å². The third kappa shape index (κ3) is 15.9. The van der Waals surface area contributed by atoms with E-state index in [1.54, 1.807) is 12.1 Å². The Bertz CT molecular complexity index is 1880. The number of rotatable bonds is 14. The molecule has 0 fully saturated rings. The zero-order valence-corrected chi connectivity index (χ0v) is 41.7. The summed E-state index contributed by atoms with van der Waals surface area (Å²) in [5.74, 6) is -2.48. The van der Waals surface area contributed by atoms with Crippen LogP contribution in [-0.2, 0) is 34.6 Å². The van der Waals surface area contributed by atoms with Crippen LogP contribution in [0.3, 0.4) is 0 Å². The van der Waals surface area contributed by atoms with E-state index in [-0.39, 0.29) is 21.7 Å². The van der Waals surface area contributed by atoms with Gasteiger partial charge in [-0.05, 0) is 98.3 Å². The Morgan fingerprint density at radius 2 is 0.918 bits per heavy atom. The fourth-order valence-electron chi connectivity index (χ4n) is 8.18. The number of allylic oxidation sites excluding steroid dienone is 8. The average Bonchev–Trinajstić information content (AvgIpc) is 4.01. The molecule has 4 aromatic rings. The van der Waals surface area contributed by atoms with E-state index in [4.69, 9.17) is 0 Å². The van der Waals surface area contributed by atoms with Crippen molar-refractivity contribution in [2.45, 2.75) is 117 Å². The van der Waals surface area contributed by atoms with Crippen LogP contribution in [0.2, 0.25) is 37.3 Å². The molecule has 4 aromatic carbocycles. The molecular formula is C52H66F4N2Si2Ti. The average molecular weight is 899 g/mol. The maximum Gasteiger partial charge on any atom is 4.00 e. The van der Waals surface area contributed by atoms with Crippen LogP contribution in [0.25, 0.3) is 0 Å². The molecule has 0 amide bonds. The van der Waals surface area contributed by atoms with Crippen molar-refractivity contribution in [3.63, 3.8) is 0 Å². The van der Waals surface area contributed by atoms with E-state index in [0.717, 1.165) is 38.5 Å². The van der Waals surface area contributed by atoms with E-state index in [9.17, 15) is 17.6 Å². The Hall–Kier alpha value is -3.69. The molecule has 2 atom stereocenters. The number of halogens is 4. The maximum atomic E-state index is 14.4. The van der Waals surface area contributed by atoms with Gasteiger partial charge in [-0.3, -0.25) is 12.2 Å². The van der Waals surface area contributed by atoms with Gasteiger partial charge in [0.25, 0.3) is 0 Å². The summed E-state index contributed by atoms with van der Waals surface area (Å²) in [4.78, 5) is 0. The van der Waals surface area contributed by atoms with Gasteiger partial charge in [0.1, 0.15) is 16.5 Å². The zero-order chi connectivity index (χ0) is 44.3. The van der Waals surface area contributed by atoms with E-state index < -0.39 is 39.7 Å². The molecule has 0 N–H and O–H groups in total. The van der Waals surface area contributed by atoms with Gasteiger partial charge in [0.2, 0.25) is 0 Å². The Balaban J connectivity index is 0.000000335. The molecular weight excluding hydrogens is 833 g/mol. The smallest absolute Gasteiger partial charge is 0.449 e. The van der Waals surface area contributed by atoms with Crippen LogP contribution in [0.1, 0.15) is 75.6 Å². The van der Waals surface area contributed by atoms with Crippen molar-refractivity contribution < 1.29 is 39.3 Å². The van der Waals surface area contributed by atoms with Crippen LogP contribution < -0.4 is 9.13 Å². The normalized spacial score (nSPS) is 13.5. The Kier molecular flexibility index (Phi) is 23.4. The topological polar surface area (TPSA) is 6.48 Å². The van der Waals surface area contributed by atoms with E-state index in [1.807, 2.05) is 38.2 Å². The van der Waals surface area contributed by atoms with Crippen molar-refractivity contribution in [2.75, 3.05) is 22.2 Å². The number of nitrogens with zero attached hydrogens (tertiary/aromatic N) is 2. The quantitative estimate of drug-likeness (QED) is 0.0707. The second-order valence-corrected chi connectivity index (χ2v) is 25.6. The summed E-state index contributed by atoms with van der Waals surface area (Å²) >= 11 is 0. The van der Waals surface area contributed by atoms with E-state index >= 15 is 0 Å². The third-order valence-corrected chi connectivity index (χ3v) is 21.0. The van der Waals surface area contributed by atoms with Crippen molar-refractivity contribution >= 4 is 27.8 Å². The molecule has 0 bridgehead atoms. The minimum Gasteiger partial charge on any atom is -0.449 e. The van der Waals surface area contributed by atoms with Gasteiger partial charge >= 0.3 is 21.7 Å². The predicted molar refractivity (Wildman–Crippen MR) is 252 cm³/mol. The van der Waals surface area contributed by atoms with Gasteiger partial charge in [-0.15, -0.1) is 49.2 Å². The summed E-state index contributed by atoms with van der Waals surface area (Å²) in [5, 5.41) is 0. The van der Waals surface area contributed by atoms with E-state index in [2.05, 4.69) is 148 Å². The van der Waals surface area contributed by atoms with Crippen molar-refractivity contribution in [3.05, 3.63) is 179 Å². The summed E-state index contributed by atoms with van der Waals surface area (Å²) in [6.07, 6.45) is 24.1. The van der Waals surface area contributed by atoms with Crippen molar-refractivity contribution in [2.24, 2.45) is 0 Å². The molecule has 2 aliphatic carbocycles. The van der Waals surface area contributed by atoms with Gasteiger partial charge in [0.15, 0.2) is 0 Å². The molecule has 0 aromatic heterocycles. The summed E-state index contributed by atoms with van der Waals surface area (Å²) < 4.78 is 59.6. The number of hydrogen-bond acceptors (Lipinski definition) is 2. The van der Waals surface area contributed by atoms with Crippen LogP contribution in [0.5, 0.6) is 0 Å². The SMILES string of the molecule is CCC(Cc1ccccc1C)[Si](C)(C)N(CC)c1ccc(F)[c-]c1F.CCC(Cc1ccccc1C)[Si](C)(C)N(CC)c1ccc(F)[c-]c1F.[C-]1=CC=CC1.[C-]1=CC=CC1.[Ti+4]. The first kappa shape index (κ1) is 53.4. The largest absolute Gasteiger partial charge is 4.00 e. The molecule has 324 valence electrons. The summed E-state index contributed by atoms with van der Waals surface area (Å²) in [5.41, 5.74) is 7.21. The second kappa shape index (κ2) is 26.7. The van der Waals surface area contributed by atoms with Crippen molar-refractivity contribution in [3.8, 4) is 0 Å². The molecule has 0 radical (unpaired) electrons. The molecule has 0 aliphatic heterocycles. The Labute approximate surface area is 383 Å². The fraction of sp³-hybridized carbons (Fsp3) is 0.385. The standard InChI is InChI=1S/2C21H28F2NSi.2C5H5.Ti/c2*1-6-19(14-17-11-9-8-10-16(17)3)25(4,5)24(7-2)21-13-12-18(22)15-20(21)23;2*1-2-4-5-3-1;/h2*8-13,19H,6-7,14H2,1-5H3;2*1-3H,4H2;/q4*-1;+4. The molecule has 6 rings (SSSR count). The first-order valence-electron chi connectivity index (χ1n) is 21.4. The molecule has 2 aliphatic rings. The molecule has 2 unspecified atom stereocenters. The zero-order valence-electron chi connectivity index (χ0n) is 38.1. The summed E-state index contributed by atoms with van der Waals surface area (Å²) in [6.45, 7) is 23.3. The van der Waals surface area contributed by atoms with Crippen LogP contribution >= 0.6 is 0 Å². The Morgan fingerprint density at radius 1 is 0.557 bits per heavy atom. The van der Waals surface area contributed by atoms with Crippen LogP contribution in [-0.4, -0.2) is 29.6 Å². The fourth-order valence-corrected chi connectivity index (χ4v) is 15.7. The molecule has 0 spiro atoms. The second-order valence-electron chi connectivity index (χ2n) is 16.3. The minimum absolute atomic E-state index is 0. The van der Waals surface area contributed by atoms with Gasteiger partial charge in [0.05, 0.1) is 0 Å². The number of anilines is 2. The maximum absolute atomic E-state index is 14.4. The number of benzene rings is 4. The Morgan fingerprint density at radius 3 is 1.16 bits per heavy atom. The summed E-state index contributed by atoms with van der Waals surface area (Å²) in [6, 6.07) is 27.0. The molecule has 0 heterocycles. The van der Waals surface area contributed by atoms with Crippen molar-refractivity contribution in [1.29, 1.82) is 0 Å². The third-order valence-electron chi connectivity index (χ3n) is 11.9. The molecule has 0 saturated carbocycles. The van der Waals surface area contributed by atoms with Gasteiger partial charge in [-0.1, -0.05) is 101 Å². The molecule has 61 heavy (non-hydrogen) atoms. The monoisotopic (exact) mass is 898 g/mol. The van der Waals surface area contributed by atoms with Crippen LogP contribution in [0.15, 0.2) is 109 Å². The van der Waals surface area contributed by atoms with Crippen molar-refractivity contribution in [1.82, 2.24) is 0 Å². The van der Waals surface area contributed by atoms with Gasteiger partial charge in [-0.25, -0.2) is 41.9 Å². The molecule has 9 heteroatoms. The van der Waals surface area contributed by atoms with Crippen LogP contribution in [0.4, 0.5) is 28.9 Å². The first-order valence-corrected chi connectivity index (χ1v) is 27.5. The molecule has 2 nitrogen and oxygen atoms in total. The first-order chi connectivity index (χ1) is 28.6. The predicted octanol–water partition coefficient (Wildman–Crippen LogP) is 14.9. The number of aryl methyl sites for hydroxylation is 2.